The predicted octanol–water partition coefficient (Wildman–Crippen LogP) is -0.861. The van der Waals surface area contributed by atoms with Crippen molar-refractivity contribution < 1.29 is 14.7 Å². The van der Waals surface area contributed by atoms with Crippen LogP contribution in [0.4, 0.5) is 5.69 Å². The Morgan fingerprint density at radius 2 is 1.87 bits per heavy atom. The lowest BCUT2D eigenvalue weighted by Crippen LogP contribution is -2.30. The van der Waals surface area contributed by atoms with Gasteiger partial charge in [-0.15, -0.1) is 0 Å². The van der Waals surface area contributed by atoms with Crippen LogP contribution in [0.1, 0.15) is 16.8 Å². The van der Waals surface area contributed by atoms with Gasteiger partial charge in [-0.2, -0.15) is 0 Å². The number of hydrogen-bond acceptors (Lipinski definition) is 4. The van der Waals surface area contributed by atoms with Crippen molar-refractivity contribution in [1.82, 2.24) is 5.32 Å². The Bertz CT molecular complexity index is 359. The lowest BCUT2D eigenvalue weighted by atomic mass is 10.2. The zero-order valence-corrected chi connectivity index (χ0v) is 8.03. The number of nitrogen functional groups attached to an aromatic ring is 1. The van der Waals surface area contributed by atoms with Gasteiger partial charge in [0.25, 0.3) is 5.91 Å². The van der Waals surface area contributed by atoms with Crippen LogP contribution in [0.3, 0.4) is 0 Å². The molecule has 0 aliphatic carbocycles. The first-order valence-electron chi connectivity index (χ1n) is 4.43. The summed E-state index contributed by atoms with van der Waals surface area (Å²) in [5.74, 6) is -1.51. The van der Waals surface area contributed by atoms with E-state index >= 15 is 0 Å². The number of carbonyl (C=O) groups is 2. The zero-order chi connectivity index (χ0) is 11.3. The molecule has 80 valence electrons. The molecule has 0 heterocycles. The Morgan fingerprint density at radius 1 is 1.27 bits per heavy atom. The quantitative estimate of drug-likeness (QED) is 0.628. The number of anilines is 1. The van der Waals surface area contributed by atoms with Crippen molar-refractivity contribution in [2.75, 3.05) is 12.3 Å². The van der Waals surface area contributed by atoms with Crippen molar-refractivity contribution in [3.05, 3.63) is 29.8 Å². The molecular formula is C10H11N2O3-. The summed E-state index contributed by atoms with van der Waals surface area (Å²) in [5, 5.41) is 12.5. The largest absolute Gasteiger partial charge is 0.550 e. The molecule has 0 aliphatic rings. The van der Waals surface area contributed by atoms with Gasteiger partial charge in [0, 0.05) is 30.2 Å². The molecule has 0 spiro atoms. The van der Waals surface area contributed by atoms with E-state index < -0.39 is 5.97 Å². The van der Waals surface area contributed by atoms with Crippen LogP contribution in [0, 0.1) is 0 Å². The summed E-state index contributed by atoms with van der Waals surface area (Å²) in [5.41, 5.74) is 6.47. The van der Waals surface area contributed by atoms with Crippen molar-refractivity contribution in [2.24, 2.45) is 0 Å². The molecular weight excluding hydrogens is 196 g/mol. The number of amides is 1. The third-order valence-corrected chi connectivity index (χ3v) is 1.79. The zero-order valence-electron chi connectivity index (χ0n) is 8.03. The van der Waals surface area contributed by atoms with Gasteiger partial charge in [-0.1, -0.05) is 0 Å². The molecule has 15 heavy (non-hydrogen) atoms. The van der Waals surface area contributed by atoms with E-state index in [-0.39, 0.29) is 18.9 Å². The lowest BCUT2D eigenvalue weighted by Gasteiger charge is -2.05. The summed E-state index contributed by atoms with van der Waals surface area (Å²) in [6.45, 7) is 0.0611. The molecule has 1 aromatic rings. The molecule has 0 aromatic heterocycles. The molecule has 0 fully saturated rings. The molecule has 0 aliphatic heterocycles. The summed E-state index contributed by atoms with van der Waals surface area (Å²) >= 11 is 0. The minimum Gasteiger partial charge on any atom is -0.550 e. The van der Waals surface area contributed by atoms with Crippen LogP contribution in [0.15, 0.2) is 24.3 Å². The number of carboxylic acids is 1. The van der Waals surface area contributed by atoms with E-state index in [1.807, 2.05) is 0 Å². The third-order valence-electron chi connectivity index (χ3n) is 1.79. The van der Waals surface area contributed by atoms with Gasteiger partial charge in [-0.25, -0.2) is 0 Å². The van der Waals surface area contributed by atoms with Crippen LogP contribution < -0.4 is 16.2 Å². The maximum Gasteiger partial charge on any atom is 0.251 e. The standard InChI is InChI=1S/C10H12N2O3/c11-8-3-1-7(2-4-8)10(15)12-6-5-9(13)14/h1-4H,5-6,11H2,(H,12,15)(H,13,14)/p-1. The second-order valence-corrected chi connectivity index (χ2v) is 3.00. The summed E-state index contributed by atoms with van der Waals surface area (Å²) in [6, 6.07) is 6.36. The van der Waals surface area contributed by atoms with Crippen molar-refractivity contribution in [3.63, 3.8) is 0 Å². The fraction of sp³-hybridized carbons (Fsp3) is 0.200. The molecule has 5 nitrogen and oxygen atoms in total. The monoisotopic (exact) mass is 207 g/mol. The van der Waals surface area contributed by atoms with Gasteiger partial charge in [0.15, 0.2) is 0 Å². The lowest BCUT2D eigenvalue weighted by molar-refractivity contribution is -0.305. The van der Waals surface area contributed by atoms with Gasteiger partial charge >= 0.3 is 0 Å². The minimum atomic E-state index is -1.19. The van der Waals surface area contributed by atoms with Gasteiger partial charge in [0.05, 0.1) is 0 Å². The number of nitrogens with one attached hydrogen (secondary N) is 1. The first-order chi connectivity index (χ1) is 7.09. The van der Waals surface area contributed by atoms with Crippen molar-refractivity contribution in [1.29, 1.82) is 0 Å². The molecule has 1 rings (SSSR count). The van der Waals surface area contributed by atoms with E-state index in [1.165, 1.54) is 0 Å². The van der Waals surface area contributed by atoms with E-state index in [0.29, 0.717) is 11.3 Å². The third kappa shape index (κ3) is 3.68. The second kappa shape index (κ2) is 4.99. The van der Waals surface area contributed by atoms with E-state index in [1.54, 1.807) is 24.3 Å². The fourth-order valence-corrected chi connectivity index (χ4v) is 1.01. The summed E-state index contributed by atoms with van der Waals surface area (Å²) in [7, 11) is 0. The maximum atomic E-state index is 11.4. The van der Waals surface area contributed by atoms with Gasteiger partial charge in [-0.05, 0) is 24.3 Å². The molecule has 0 saturated carbocycles. The maximum absolute atomic E-state index is 11.4. The molecule has 1 aromatic carbocycles. The van der Waals surface area contributed by atoms with Gasteiger partial charge in [-0.3, -0.25) is 4.79 Å². The summed E-state index contributed by atoms with van der Waals surface area (Å²) < 4.78 is 0. The second-order valence-electron chi connectivity index (χ2n) is 3.00. The molecule has 0 radical (unpaired) electrons. The minimum absolute atomic E-state index is 0.0611. The Kier molecular flexibility index (Phi) is 3.68. The van der Waals surface area contributed by atoms with Crippen LogP contribution in [-0.2, 0) is 4.79 Å². The molecule has 0 bridgehead atoms. The van der Waals surface area contributed by atoms with Crippen LogP contribution in [0.25, 0.3) is 0 Å². The smallest absolute Gasteiger partial charge is 0.251 e. The SMILES string of the molecule is Nc1ccc(C(=O)NCCC(=O)[O-])cc1. The first-order valence-corrected chi connectivity index (χ1v) is 4.43. The number of benzene rings is 1. The average molecular weight is 207 g/mol. The van der Waals surface area contributed by atoms with Crippen molar-refractivity contribution in [2.45, 2.75) is 6.42 Å². The van der Waals surface area contributed by atoms with E-state index in [0.717, 1.165) is 0 Å². The summed E-state index contributed by atoms with van der Waals surface area (Å²) in [4.78, 5) is 21.5. The molecule has 5 heteroatoms. The van der Waals surface area contributed by atoms with E-state index in [4.69, 9.17) is 5.73 Å². The van der Waals surface area contributed by atoms with Crippen LogP contribution in [-0.4, -0.2) is 18.4 Å². The van der Waals surface area contributed by atoms with Gasteiger partial charge < -0.3 is 21.0 Å². The van der Waals surface area contributed by atoms with Gasteiger partial charge in [0.2, 0.25) is 0 Å². The number of rotatable bonds is 4. The van der Waals surface area contributed by atoms with E-state index in [2.05, 4.69) is 5.32 Å². The molecule has 0 unspecified atom stereocenters. The van der Waals surface area contributed by atoms with E-state index in [9.17, 15) is 14.7 Å². The predicted molar refractivity (Wildman–Crippen MR) is 52.8 cm³/mol. The van der Waals surface area contributed by atoms with Crippen molar-refractivity contribution in [3.8, 4) is 0 Å². The molecule has 1 amide bonds. The first kappa shape index (κ1) is 11.0. The number of hydrogen-bond donors (Lipinski definition) is 2. The summed E-state index contributed by atoms with van der Waals surface area (Å²) in [6.07, 6.45) is -0.194. The highest BCUT2D eigenvalue weighted by Gasteiger charge is 2.03. The van der Waals surface area contributed by atoms with Crippen molar-refractivity contribution >= 4 is 17.6 Å². The molecule has 0 saturated heterocycles. The number of nitrogens with two attached hydrogens (primary N) is 1. The highest BCUT2D eigenvalue weighted by atomic mass is 16.4. The Hall–Kier alpha value is -2.04. The number of carboxylic acid groups (broad SMARTS) is 1. The van der Waals surface area contributed by atoms with Gasteiger partial charge in [0.1, 0.15) is 0 Å². The normalized spacial score (nSPS) is 9.60. The molecule has 3 N–H and O–H groups in total. The Balaban J connectivity index is 2.47. The topological polar surface area (TPSA) is 95.2 Å². The fourth-order valence-electron chi connectivity index (χ4n) is 1.01. The Morgan fingerprint density at radius 3 is 2.40 bits per heavy atom. The Labute approximate surface area is 86.9 Å². The van der Waals surface area contributed by atoms with Crippen LogP contribution in [0.5, 0.6) is 0 Å². The highest BCUT2D eigenvalue weighted by Crippen LogP contribution is 2.04. The highest BCUT2D eigenvalue weighted by molar-refractivity contribution is 5.94. The number of aliphatic carboxylic acids is 1. The number of carbonyl (C=O) groups excluding carboxylic acids is 2. The van der Waals surface area contributed by atoms with Crippen LogP contribution in [0.2, 0.25) is 0 Å². The molecule has 0 atom stereocenters. The van der Waals surface area contributed by atoms with Crippen LogP contribution >= 0.6 is 0 Å². The average Bonchev–Trinajstić information content (AvgIpc) is 2.18.